The first-order valence-electron chi connectivity index (χ1n) is 11.9. The first kappa shape index (κ1) is 25.6. The number of amides is 3. The lowest BCUT2D eigenvalue weighted by Gasteiger charge is -2.35. The number of aliphatic hydroxyl groups excluding tert-OH is 1. The molecule has 0 radical (unpaired) electrons. The highest BCUT2D eigenvalue weighted by Gasteiger charge is 2.44. The van der Waals surface area contributed by atoms with Gasteiger partial charge in [-0.1, -0.05) is 20.8 Å². The van der Waals surface area contributed by atoms with Crippen LogP contribution in [0.1, 0.15) is 76.3 Å². The Morgan fingerprint density at radius 3 is 2.45 bits per heavy atom. The number of thiazole rings is 1. The van der Waals surface area contributed by atoms with Gasteiger partial charge in [0, 0.05) is 31.3 Å². The third-order valence-electron chi connectivity index (χ3n) is 6.89. The van der Waals surface area contributed by atoms with Crippen molar-refractivity contribution >= 4 is 29.1 Å². The van der Waals surface area contributed by atoms with Gasteiger partial charge in [0.1, 0.15) is 12.1 Å². The third kappa shape index (κ3) is 6.32. The van der Waals surface area contributed by atoms with Crippen molar-refractivity contribution in [3.05, 3.63) is 16.1 Å². The number of aliphatic hydroxyl groups is 1. The predicted molar refractivity (Wildman–Crippen MR) is 128 cm³/mol. The van der Waals surface area contributed by atoms with E-state index in [-0.39, 0.29) is 30.7 Å². The van der Waals surface area contributed by atoms with Gasteiger partial charge >= 0.3 is 0 Å². The Hall–Kier alpha value is -2.00. The van der Waals surface area contributed by atoms with E-state index in [1.165, 1.54) is 16.7 Å². The van der Waals surface area contributed by atoms with Gasteiger partial charge in [0.15, 0.2) is 0 Å². The number of nitrogens with one attached hydrogen (secondary N) is 2. The Labute approximate surface area is 200 Å². The van der Waals surface area contributed by atoms with E-state index >= 15 is 0 Å². The van der Waals surface area contributed by atoms with Crippen LogP contribution in [0.15, 0.2) is 5.51 Å². The summed E-state index contributed by atoms with van der Waals surface area (Å²) < 4.78 is 0. The van der Waals surface area contributed by atoms with Crippen LogP contribution in [0.5, 0.6) is 0 Å². The van der Waals surface area contributed by atoms with Crippen LogP contribution in [0, 0.1) is 18.3 Å². The molecule has 3 rings (SSSR count). The van der Waals surface area contributed by atoms with Gasteiger partial charge in [0.05, 0.1) is 17.3 Å². The van der Waals surface area contributed by atoms with Crippen LogP contribution in [0.25, 0.3) is 0 Å². The van der Waals surface area contributed by atoms with E-state index in [1.807, 2.05) is 26.3 Å². The van der Waals surface area contributed by atoms with Gasteiger partial charge < -0.3 is 20.6 Å². The number of aromatic nitrogens is 1. The van der Waals surface area contributed by atoms with Gasteiger partial charge in [0.25, 0.3) is 0 Å². The van der Waals surface area contributed by atoms with E-state index in [1.54, 1.807) is 11.3 Å². The van der Waals surface area contributed by atoms with Crippen molar-refractivity contribution in [1.29, 1.82) is 0 Å². The van der Waals surface area contributed by atoms with Crippen LogP contribution in [0.4, 0.5) is 0 Å². The molecule has 2 heterocycles. The lowest BCUT2D eigenvalue weighted by atomic mass is 9.81. The molecule has 3 N–H and O–H groups in total. The number of nitrogens with zero attached hydrogens (tertiary/aromatic N) is 2. The van der Waals surface area contributed by atoms with Crippen LogP contribution >= 0.6 is 11.3 Å². The minimum absolute atomic E-state index is 0.0996. The molecule has 9 heteroatoms. The second-order valence-corrected chi connectivity index (χ2v) is 11.5. The molecule has 3 amide bonds. The average molecular weight is 479 g/mol. The molecule has 0 unspecified atom stereocenters. The van der Waals surface area contributed by atoms with Crippen LogP contribution in [0.2, 0.25) is 0 Å². The summed E-state index contributed by atoms with van der Waals surface area (Å²) in [5, 5.41) is 16.0. The van der Waals surface area contributed by atoms with Crippen molar-refractivity contribution in [3.8, 4) is 0 Å². The number of likely N-dealkylation sites (tertiary alicyclic amines) is 1. The van der Waals surface area contributed by atoms with Gasteiger partial charge in [-0.3, -0.25) is 14.4 Å². The highest BCUT2D eigenvalue weighted by Crippen LogP contribution is 2.38. The normalized spacial score (nSPS) is 26.7. The van der Waals surface area contributed by atoms with E-state index in [4.69, 9.17) is 0 Å². The minimum atomic E-state index is -0.763. The Bertz CT molecular complexity index is 857. The lowest BCUT2D eigenvalue weighted by Crippen LogP contribution is -2.57. The fourth-order valence-corrected chi connectivity index (χ4v) is 5.99. The third-order valence-corrected chi connectivity index (χ3v) is 7.98. The van der Waals surface area contributed by atoms with Gasteiger partial charge in [0.2, 0.25) is 17.7 Å². The van der Waals surface area contributed by atoms with Crippen molar-refractivity contribution in [2.75, 3.05) is 13.1 Å². The first-order valence-corrected chi connectivity index (χ1v) is 12.8. The number of carbonyl (C=O) groups excluding carboxylic acids is 3. The number of hydrogen-bond acceptors (Lipinski definition) is 6. The zero-order valence-electron chi connectivity index (χ0n) is 20.4. The topological polar surface area (TPSA) is 112 Å². The highest BCUT2D eigenvalue weighted by molar-refractivity contribution is 7.09. The molecule has 184 valence electrons. The van der Waals surface area contributed by atoms with E-state index in [0.717, 1.165) is 31.4 Å². The summed E-state index contributed by atoms with van der Waals surface area (Å²) in [6, 6.07) is -1.48. The highest BCUT2D eigenvalue weighted by atomic mass is 32.1. The van der Waals surface area contributed by atoms with Crippen molar-refractivity contribution in [2.45, 2.75) is 90.8 Å². The van der Waals surface area contributed by atoms with E-state index < -0.39 is 23.6 Å². The second kappa shape index (κ2) is 10.5. The van der Waals surface area contributed by atoms with Crippen molar-refractivity contribution in [3.63, 3.8) is 0 Å². The maximum absolute atomic E-state index is 13.3. The largest absolute Gasteiger partial charge is 0.391 e. The molecule has 0 spiro atoms. The summed E-state index contributed by atoms with van der Waals surface area (Å²) in [5.41, 5.74) is 2.52. The molecule has 1 saturated heterocycles. The van der Waals surface area contributed by atoms with Crippen molar-refractivity contribution in [1.82, 2.24) is 20.5 Å². The molecule has 1 aromatic rings. The predicted octanol–water partition coefficient (Wildman–Crippen LogP) is 2.35. The zero-order chi connectivity index (χ0) is 24.3. The van der Waals surface area contributed by atoms with Crippen molar-refractivity contribution < 1.29 is 19.5 Å². The van der Waals surface area contributed by atoms with E-state index in [2.05, 4.69) is 22.5 Å². The Kier molecular flexibility index (Phi) is 8.16. The average Bonchev–Trinajstić information content (AvgIpc) is 3.35. The molecule has 2 fully saturated rings. The van der Waals surface area contributed by atoms with Gasteiger partial charge in [-0.05, 0) is 49.9 Å². The molecule has 8 nitrogen and oxygen atoms in total. The smallest absolute Gasteiger partial charge is 0.246 e. The molecule has 0 bridgehead atoms. The monoisotopic (exact) mass is 478 g/mol. The summed E-state index contributed by atoms with van der Waals surface area (Å²) in [4.78, 5) is 45.2. The molecule has 33 heavy (non-hydrogen) atoms. The second-order valence-electron chi connectivity index (χ2n) is 10.7. The van der Waals surface area contributed by atoms with E-state index in [9.17, 15) is 19.5 Å². The lowest BCUT2D eigenvalue weighted by molar-refractivity contribution is -0.143. The zero-order valence-corrected chi connectivity index (χ0v) is 21.2. The fraction of sp³-hybridized carbons (Fsp3) is 0.750. The molecule has 2 aliphatic rings. The van der Waals surface area contributed by atoms with Crippen LogP contribution < -0.4 is 10.6 Å². The molecular weight excluding hydrogens is 440 g/mol. The van der Waals surface area contributed by atoms with E-state index in [0.29, 0.717) is 18.4 Å². The van der Waals surface area contributed by atoms with Crippen LogP contribution in [-0.4, -0.2) is 64.0 Å². The summed E-state index contributed by atoms with van der Waals surface area (Å²) in [6.45, 7) is 9.74. The number of carbonyl (C=O) groups is 3. The summed E-state index contributed by atoms with van der Waals surface area (Å²) in [5.74, 6) is 0.125. The molecule has 1 aliphatic carbocycles. The molecule has 0 aromatic carbocycles. The quantitative estimate of drug-likeness (QED) is 0.581. The summed E-state index contributed by atoms with van der Waals surface area (Å²) in [6.07, 6.45) is 3.76. The summed E-state index contributed by atoms with van der Waals surface area (Å²) in [7, 11) is 0. The number of aryl methyl sites for hydroxylation is 1. The number of hydrogen-bond donors (Lipinski definition) is 3. The molecule has 1 aliphatic heterocycles. The SMILES string of the molecule is CC(=O)N[C@H](C(=O)N1C[C@H](O)C[C@H]1C(=O)NCC1CCC(c2scnc2C)CC1)C(C)(C)C. The Morgan fingerprint density at radius 1 is 1.24 bits per heavy atom. The van der Waals surface area contributed by atoms with Crippen LogP contribution in [-0.2, 0) is 14.4 Å². The number of rotatable bonds is 6. The van der Waals surface area contributed by atoms with Crippen LogP contribution in [0.3, 0.4) is 0 Å². The molecule has 1 saturated carbocycles. The first-order chi connectivity index (χ1) is 15.5. The molecule has 1 aromatic heterocycles. The summed E-state index contributed by atoms with van der Waals surface area (Å²) >= 11 is 1.73. The van der Waals surface area contributed by atoms with Gasteiger partial charge in [-0.2, -0.15) is 0 Å². The maximum Gasteiger partial charge on any atom is 0.246 e. The Balaban J connectivity index is 1.56. The minimum Gasteiger partial charge on any atom is -0.391 e. The van der Waals surface area contributed by atoms with Gasteiger partial charge in [-0.15, -0.1) is 11.3 Å². The van der Waals surface area contributed by atoms with Crippen molar-refractivity contribution in [2.24, 2.45) is 11.3 Å². The Morgan fingerprint density at radius 2 is 1.91 bits per heavy atom. The standard InChI is InChI=1S/C24H38N4O4S/c1-14-20(33-13-26-14)17-8-6-16(7-9-17)11-25-22(31)19-10-18(30)12-28(19)23(32)21(24(3,4)5)27-15(2)29/h13,16-19,21,30H,6-12H2,1-5H3,(H,25,31)(H,27,29)/t16?,17?,18-,19+,21-/m1/s1. The molecular formula is C24H38N4O4S. The maximum atomic E-state index is 13.3. The fourth-order valence-electron chi connectivity index (χ4n) is 5.02. The van der Waals surface area contributed by atoms with Gasteiger partial charge in [-0.25, -0.2) is 4.98 Å². The number of β-amino-alcohol motifs (C(OH)–C–C–N with tert-alkyl or cyclic N) is 1. The molecule has 3 atom stereocenters.